The van der Waals surface area contributed by atoms with Crippen LogP contribution < -0.4 is 14.8 Å². The van der Waals surface area contributed by atoms with E-state index in [0.29, 0.717) is 29.1 Å². The summed E-state index contributed by atoms with van der Waals surface area (Å²) in [5, 5.41) is 2.66. The van der Waals surface area contributed by atoms with E-state index >= 15 is 0 Å². The van der Waals surface area contributed by atoms with Crippen LogP contribution in [0.2, 0.25) is 0 Å². The standard InChI is InChI=1S/C22H23NO4/c1-5-8-14-27-20-12-10-17(15-21(20)26-4)11-13-22(25)23-19(7-3)18(16-24)9-6-2/h6-7,9-13,15-16H,2,14H2,1,3-4H3,(H,23,25)/b13-11+,18-9-,19-7+. The Bertz CT molecular complexity index is 836. The van der Waals surface area contributed by atoms with Gasteiger partial charge in [-0.3, -0.25) is 9.59 Å². The second-order valence-electron chi connectivity index (χ2n) is 5.13. The van der Waals surface area contributed by atoms with Crippen LogP contribution in [-0.4, -0.2) is 25.9 Å². The molecule has 5 nitrogen and oxygen atoms in total. The first-order chi connectivity index (χ1) is 13.1. The van der Waals surface area contributed by atoms with Gasteiger partial charge in [-0.2, -0.15) is 0 Å². The number of hydrogen-bond donors (Lipinski definition) is 1. The van der Waals surface area contributed by atoms with Gasteiger partial charge in [0.25, 0.3) is 0 Å². The van der Waals surface area contributed by atoms with Crippen molar-refractivity contribution in [3.05, 3.63) is 65.9 Å². The van der Waals surface area contributed by atoms with Crippen molar-refractivity contribution in [2.45, 2.75) is 13.8 Å². The van der Waals surface area contributed by atoms with Crippen molar-refractivity contribution < 1.29 is 19.1 Å². The maximum atomic E-state index is 12.1. The van der Waals surface area contributed by atoms with Gasteiger partial charge in [0.05, 0.1) is 7.11 Å². The van der Waals surface area contributed by atoms with Crippen molar-refractivity contribution in [2.75, 3.05) is 13.7 Å². The molecule has 0 unspecified atom stereocenters. The van der Waals surface area contributed by atoms with Crippen LogP contribution in [0.1, 0.15) is 19.4 Å². The summed E-state index contributed by atoms with van der Waals surface area (Å²) in [5.74, 6) is 6.32. The minimum Gasteiger partial charge on any atom is -0.493 e. The third kappa shape index (κ3) is 7.09. The number of nitrogens with one attached hydrogen (secondary N) is 1. The lowest BCUT2D eigenvalue weighted by Gasteiger charge is -2.09. The second-order valence-corrected chi connectivity index (χ2v) is 5.13. The Morgan fingerprint density at radius 2 is 2.11 bits per heavy atom. The number of benzene rings is 1. The van der Waals surface area contributed by atoms with E-state index in [2.05, 4.69) is 23.7 Å². The van der Waals surface area contributed by atoms with Gasteiger partial charge in [0.2, 0.25) is 5.91 Å². The fraction of sp³-hybridized carbons (Fsp3) is 0.182. The number of aldehydes is 1. The molecule has 1 aromatic carbocycles. The van der Waals surface area contributed by atoms with Crippen molar-refractivity contribution >= 4 is 18.3 Å². The molecule has 0 spiro atoms. The molecule has 0 fully saturated rings. The molecule has 27 heavy (non-hydrogen) atoms. The van der Waals surface area contributed by atoms with E-state index in [1.165, 1.54) is 18.2 Å². The van der Waals surface area contributed by atoms with Gasteiger partial charge in [0.1, 0.15) is 6.61 Å². The summed E-state index contributed by atoms with van der Waals surface area (Å²) >= 11 is 0. The first-order valence-corrected chi connectivity index (χ1v) is 8.23. The predicted molar refractivity (Wildman–Crippen MR) is 107 cm³/mol. The lowest BCUT2D eigenvalue weighted by Crippen LogP contribution is -2.21. The molecule has 1 N–H and O–H groups in total. The first kappa shape index (κ1) is 21.5. The average molecular weight is 365 g/mol. The Hall–Kier alpha value is -3.52. The number of allylic oxidation sites excluding steroid dienone is 4. The second kappa shape index (κ2) is 11.9. The number of ether oxygens (including phenoxy) is 2. The number of carbonyl (C=O) groups is 2. The summed E-state index contributed by atoms with van der Waals surface area (Å²) < 4.78 is 10.8. The molecule has 0 aliphatic heterocycles. The van der Waals surface area contributed by atoms with Crippen LogP contribution in [0.5, 0.6) is 11.5 Å². The number of hydrogen-bond acceptors (Lipinski definition) is 4. The van der Waals surface area contributed by atoms with Gasteiger partial charge in [-0.15, -0.1) is 5.92 Å². The fourth-order valence-corrected chi connectivity index (χ4v) is 2.07. The van der Waals surface area contributed by atoms with Crippen molar-refractivity contribution in [3.63, 3.8) is 0 Å². The summed E-state index contributed by atoms with van der Waals surface area (Å²) in [6.45, 7) is 7.29. The zero-order valence-corrected chi connectivity index (χ0v) is 15.7. The average Bonchev–Trinajstić information content (AvgIpc) is 2.69. The largest absolute Gasteiger partial charge is 0.493 e. The number of rotatable bonds is 9. The lowest BCUT2D eigenvalue weighted by molar-refractivity contribution is -0.115. The monoisotopic (exact) mass is 365 g/mol. The van der Waals surface area contributed by atoms with Gasteiger partial charge >= 0.3 is 0 Å². The maximum absolute atomic E-state index is 12.1. The van der Waals surface area contributed by atoms with Gasteiger partial charge in [-0.1, -0.05) is 36.8 Å². The predicted octanol–water partition coefficient (Wildman–Crippen LogP) is 3.44. The third-order valence-corrected chi connectivity index (χ3v) is 3.37. The minimum absolute atomic E-state index is 0.272. The van der Waals surface area contributed by atoms with Crippen LogP contribution in [0.3, 0.4) is 0 Å². The van der Waals surface area contributed by atoms with E-state index in [-0.39, 0.29) is 12.5 Å². The van der Waals surface area contributed by atoms with Crippen LogP contribution in [0.15, 0.2) is 60.4 Å². The summed E-state index contributed by atoms with van der Waals surface area (Å²) in [7, 11) is 1.54. The molecule has 0 bridgehead atoms. The highest BCUT2D eigenvalue weighted by atomic mass is 16.5. The molecular formula is C22H23NO4. The molecule has 1 rings (SSSR count). The Morgan fingerprint density at radius 3 is 2.70 bits per heavy atom. The Kier molecular flexibility index (Phi) is 9.51. The van der Waals surface area contributed by atoms with Gasteiger partial charge in [-0.25, -0.2) is 0 Å². The number of methoxy groups -OCH3 is 1. The van der Waals surface area contributed by atoms with Crippen molar-refractivity contribution in [2.24, 2.45) is 0 Å². The highest BCUT2D eigenvalue weighted by molar-refractivity contribution is 5.95. The molecule has 0 aliphatic rings. The quantitative estimate of drug-likeness (QED) is 0.315. The molecule has 140 valence electrons. The first-order valence-electron chi connectivity index (χ1n) is 8.23. The fourth-order valence-electron chi connectivity index (χ4n) is 2.07. The zero-order valence-electron chi connectivity index (χ0n) is 15.7. The molecule has 5 heteroatoms. The minimum atomic E-state index is -0.363. The SMILES string of the molecule is C=C/C=C(C=O)\C(=C/C)NC(=O)/C=C/c1ccc(OCC#CC)c(OC)c1. The van der Waals surface area contributed by atoms with Crippen molar-refractivity contribution in [3.8, 4) is 23.3 Å². The number of carbonyl (C=O) groups excluding carboxylic acids is 2. The highest BCUT2D eigenvalue weighted by Crippen LogP contribution is 2.28. The molecule has 1 aromatic rings. The molecule has 0 saturated heterocycles. The molecule has 1 amide bonds. The molecular weight excluding hydrogens is 342 g/mol. The summed E-state index contributed by atoms with van der Waals surface area (Å²) in [5.41, 5.74) is 1.51. The van der Waals surface area contributed by atoms with E-state index in [1.807, 2.05) is 0 Å². The molecule has 0 saturated carbocycles. The van der Waals surface area contributed by atoms with E-state index in [0.717, 1.165) is 5.56 Å². The van der Waals surface area contributed by atoms with E-state index < -0.39 is 0 Å². The van der Waals surface area contributed by atoms with E-state index in [1.54, 1.807) is 51.3 Å². The third-order valence-electron chi connectivity index (χ3n) is 3.37. The summed E-state index contributed by atoms with van der Waals surface area (Å²) in [6.07, 6.45) is 8.32. The molecule has 0 aliphatic carbocycles. The Labute approximate surface area is 160 Å². The number of amides is 1. The summed E-state index contributed by atoms with van der Waals surface area (Å²) in [4.78, 5) is 23.2. The Balaban J connectivity index is 2.87. The van der Waals surface area contributed by atoms with Gasteiger partial charge < -0.3 is 14.8 Å². The van der Waals surface area contributed by atoms with Gasteiger partial charge in [-0.05, 0) is 37.6 Å². The lowest BCUT2D eigenvalue weighted by atomic mass is 10.1. The smallest absolute Gasteiger partial charge is 0.248 e. The molecule has 0 heterocycles. The molecule has 0 aromatic heterocycles. The van der Waals surface area contributed by atoms with Gasteiger partial charge in [0, 0.05) is 17.3 Å². The normalized spacial score (nSPS) is 11.4. The zero-order chi connectivity index (χ0) is 20.1. The molecule has 0 radical (unpaired) electrons. The van der Waals surface area contributed by atoms with Crippen LogP contribution in [-0.2, 0) is 9.59 Å². The van der Waals surface area contributed by atoms with Crippen LogP contribution in [0.4, 0.5) is 0 Å². The van der Waals surface area contributed by atoms with Crippen molar-refractivity contribution in [1.29, 1.82) is 0 Å². The van der Waals surface area contributed by atoms with E-state index in [4.69, 9.17) is 9.47 Å². The van der Waals surface area contributed by atoms with Crippen LogP contribution >= 0.6 is 0 Å². The van der Waals surface area contributed by atoms with Crippen LogP contribution in [0.25, 0.3) is 6.08 Å². The molecule has 0 atom stereocenters. The van der Waals surface area contributed by atoms with Crippen LogP contribution in [0, 0.1) is 11.8 Å². The van der Waals surface area contributed by atoms with Gasteiger partial charge in [0.15, 0.2) is 17.8 Å². The maximum Gasteiger partial charge on any atom is 0.248 e. The van der Waals surface area contributed by atoms with E-state index in [9.17, 15) is 9.59 Å². The van der Waals surface area contributed by atoms with Crippen molar-refractivity contribution in [1.82, 2.24) is 5.32 Å². The topological polar surface area (TPSA) is 64.6 Å². The summed E-state index contributed by atoms with van der Waals surface area (Å²) in [6, 6.07) is 5.30. The highest BCUT2D eigenvalue weighted by Gasteiger charge is 2.07. The Morgan fingerprint density at radius 1 is 1.33 bits per heavy atom.